The summed E-state index contributed by atoms with van der Waals surface area (Å²) >= 11 is 0. The first-order chi connectivity index (χ1) is 28.7. The molecule has 15 heteroatoms. The minimum absolute atomic E-state index is 0.000815. The number of fused-ring (bicyclic) bond motifs is 1. The average Bonchev–Trinajstić information content (AvgIpc) is 3.62. The van der Waals surface area contributed by atoms with Crippen molar-refractivity contribution in [2.24, 2.45) is 22.7 Å². The lowest BCUT2D eigenvalue weighted by Gasteiger charge is -2.43. The summed E-state index contributed by atoms with van der Waals surface area (Å²) in [6.07, 6.45) is 9.26. The fraction of sp³-hybridized carbons (Fsp3) is 0.696. The number of nitrogens with one attached hydrogen (secondary N) is 2. The number of urea groups is 1. The Morgan fingerprint density at radius 1 is 1.02 bits per heavy atom. The smallest absolute Gasteiger partial charge is 0.410 e. The first-order valence-corrected chi connectivity index (χ1v) is 24.1. The van der Waals surface area contributed by atoms with E-state index in [9.17, 15) is 32.4 Å². The zero-order valence-corrected chi connectivity index (χ0v) is 38.0. The van der Waals surface area contributed by atoms with Crippen molar-refractivity contribution in [3.05, 3.63) is 48.0 Å². The molecule has 2 N–H and O–H groups in total. The number of hydrogen-bond acceptors (Lipinski definition) is 9. The lowest BCUT2D eigenvalue weighted by atomic mass is 9.70. The maximum Gasteiger partial charge on any atom is 0.410 e. The van der Waals surface area contributed by atoms with Crippen LogP contribution in [0.25, 0.3) is 0 Å². The van der Waals surface area contributed by atoms with Crippen LogP contribution >= 0.6 is 0 Å². The summed E-state index contributed by atoms with van der Waals surface area (Å²) in [5.74, 6) is -2.60. The predicted octanol–water partition coefficient (Wildman–Crippen LogP) is 5.97. The highest BCUT2D eigenvalue weighted by Crippen LogP contribution is 2.41. The van der Waals surface area contributed by atoms with Crippen molar-refractivity contribution in [1.29, 1.82) is 0 Å². The van der Waals surface area contributed by atoms with Crippen LogP contribution in [0, 0.1) is 22.7 Å². The molecule has 2 aliphatic heterocycles. The van der Waals surface area contributed by atoms with E-state index in [0.717, 1.165) is 50.3 Å². The first-order valence-electron chi connectivity index (χ1n) is 22.2. The van der Waals surface area contributed by atoms with Gasteiger partial charge >= 0.3 is 12.1 Å². The van der Waals surface area contributed by atoms with Gasteiger partial charge in [0, 0.05) is 57.9 Å². The number of rotatable bonds is 18. The first kappa shape index (κ1) is 47.9. The molecule has 338 valence electrons. The molecular formula is C46H69N5O9S. The molecule has 1 unspecified atom stereocenters. The number of hydrogen-bond donors (Lipinski definition) is 2. The van der Waals surface area contributed by atoms with Crippen molar-refractivity contribution >= 4 is 45.4 Å². The fourth-order valence-corrected chi connectivity index (χ4v) is 9.70. The van der Waals surface area contributed by atoms with Crippen LogP contribution in [0.5, 0.6) is 0 Å². The standard InChI is InChI=1S/C46H69N5O9S/c1-8-9-20-37(52)40(54)34(25-31-16-15-17-31)26-38(53)36-27-35(60-44(57)50-24-21-32-18-11-12-19-33(32)28-50)29-51(36)42(55)41(46(5)22-13-10-14-23-46)48-43(56)47-39(45(2,3)4)30-49(6)61(7,58)59/h8,11-12,18-19,31,34-36,39,41H,1,9-10,13-17,20-30H2,2-7H3,(H2,47,48,56)/t34?,35-,36+,39-,41-/m1/s1. The quantitative estimate of drug-likeness (QED) is 0.133. The Bertz CT molecular complexity index is 1900. The highest BCUT2D eigenvalue weighted by molar-refractivity contribution is 7.88. The Hall–Kier alpha value is -4.11. The largest absolute Gasteiger partial charge is 0.444 e. The molecule has 1 saturated heterocycles. The number of sulfonamides is 1. The van der Waals surface area contributed by atoms with E-state index in [0.29, 0.717) is 45.2 Å². The van der Waals surface area contributed by atoms with Gasteiger partial charge in [-0.25, -0.2) is 22.3 Å². The van der Waals surface area contributed by atoms with E-state index in [4.69, 9.17) is 4.74 Å². The summed E-state index contributed by atoms with van der Waals surface area (Å²) in [4.78, 5) is 87.3. The molecule has 2 saturated carbocycles. The number of ketones is 3. The van der Waals surface area contributed by atoms with Crippen LogP contribution in [0.4, 0.5) is 9.59 Å². The molecular weight excluding hydrogens is 799 g/mol. The molecule has 5 rings (SSSR count). The summed E-state index contributed by atoms with van der Waals surface area (Å²) in [5, 5.41) is 5.94. The molecule has 1 aromatic rings. The van der Waals surface area contributed by atoms with Crippen molar-refractivity contribution in [3.8, 4) is 0 Å². The van der Waals surface area contributed by atoms with Gasteiger partial charge in [-0.15, -0.1) is 6.58 Å². The minimum Gasteiger partial charge on any atom is -0.444 e. The second kappa shape index (κ2) is 20.4. The Labute approximate surface area is 363 Å². The number of ether oxygens (including phenoxy) is 1. The van der Waals surface area contributed by atoms with Crippen LogP contribution in [-0.2, 0) is 46.9 Å². The van der Waals surface area contributed by atoms with E-state index >= 15 is 4.79 Å². The van der Waals surface area contributed by atoms with E-state index in [1.807, 2.05) is 52.0 Å². The summed E-state index contributed by atoms with van der Waals surface area (Å²) in [6, 6.07) is 4.48. The second-order valence-corrected chi connectivity index (χ2v) is 21.5. The topological polar surface area (TPSA) is 180 Å². The molecule has 5 atom stereocenters. The average molecular weight is 868 g/mol. The third-order valence-electron chi connectivity index (χ3n) is 13.7. The SMILES string of the molecule is C=CCCC(=O)C(=O)C(CC(=O)[C@@H]1C[C@@H](OC(=O)N2CCc3ccccc3C2)CN1C(=O)[C@@H](NC(=O)N[C@H](CN(C)S(C)(=O)=O)C(C)(C)C)C1(C)CCCCC1)CC1CCC1. The van der Waals surface area contributed by atoms with Gasteiger partial charge in [0.05, 0.1) is 18.8 Å². The predicted molar refractivity (Wildman–Crippen MR) is 233 cm³/mol. The maximum absolute atomic E-state index is 15.2. The minimum atomic E-state index is -3.56. The van der Waals surface area contributed by atoms with Crippen LogP contribution < -0.4 is 10.6 Å². The third-order valence-corrected chi connectivity index (χ3v) is 14.9. The van der Waals surface area contributed by atoms with Gasteiger partial charge in [0.1, 0.15) is 12.1 Å². The monoisotopic (exact) mass is 867 g/mol. The Morgan fingerprint density at radius 2 is 1.69 bits per heavy atom. The van der Waals surface area contributed by atoms with E-state index in [-0.39, 0.29) is 44.1 Å². The zero-order valence-electron chi connectivity index (χ0n) is 37.2. The normalized spacial score (nSPS) is 22.0. The maximum atomic E-state index is 15.2. The van der Waals surface area contributed by atoms with Crippen LogP contribution in [0.3, 0.4) is 0 Å². The number of amides is 4. The molecule has 0 bridgehead atoms. The molecule has 3 fully saturated rings. The van der Waals surface area contributed by atoms with Gasteiger partial charge in [-0.3, -0.25) is 19.2 Å². The van der Waals surface area contributed by atoms with Crippen molar-refractivity contribution in [1.82, 2.24) is 24.7 Å². The lowest BCUT2D eigenvalue weighted by Crippen LogP contribution is -2.62. The Balaban J connectivity index is 1.43. The lowest BCUT2D eigenvalue weighted by molar-refractivity contribution is -0.144. The summed E-state index contributed by atoms with van der Waals surface area (Å²) < 4.78 is 32.0. The summed E-state index contributed by atoms with van der Waals surface area (Å²) in [7, 11) is -2.11. The highest BCUT2D eigenvalue weighted by atomic mass is 32.2. The zero-order chi connectivity index (χ0) is 44.7. The molecule has 0 radical (unpaired) electrons. The number of likely N-dealkylation sites (N-methyl/N-ethyl adjacent to an activating group) is 1. The Morgan fingerprint density at radius 3 is 2.30 bits per heavy atom. The van der Waals surface area contributed by atoms with Gasteiger partial charge < -0.3 is 25.2 Å². The number of likely N-dealkylation sites (tertiary alicyclic amines) is 1. The number of nitrogens with zero attached hydrogens (tertiary/aromatic N) is 3. The van der Waals surface area contributed by atoms with E-state index < -0.39 is 80.6 Å². The van der Waals surface area contributed by atoms with Crippen molar-refractivity contribution in [2.45, 2.75) is 148 Å². The van der Waals surface area contributed by atoms with Gasteiger partial charge in [-0.05, 0) is 60.0 Å². The van der Waals surface area contributed by atoms with Crippen molar-refractivity contribution < 1.29 is 41.9 Å². The third kappa shape index (κ3) is 12.5. The van der Waals surface area contributed by atoms with Crippen LogP contribution in [0.2, 0.25) is 0 Å². The molecule has 2 heterocycles. The molecule has 0 spiro atoms. The summed E-state index contributed by atoms with van der Waals surface area (Å²) in [6.45, 7) is 12.0. The van der Waals surface area contributed by atoms with Gasteiger partial charge in [-0.1, -0.05) is 96.6 Å². The number of allylic oxidation sites excluding steroid dienone is 1. The molecule has 4 aliphatic rings. The van der Waals surface area contributed by atoms with Gasteiger partial charge in [-0.2, -0.15) is 0 Å². The van der Waals surface area contributed by atoms with Gasteiger partial charge in [0.2, 0.25) is 21.7 Å². The Kier molecular flexibility index (Phi) is 16.0. The second-order valence-electron chi connectivity index (χ2n) is 19.4. The van der Waals surface area contributed by atoms with Crippen LogP contribution in [-0.4, -0.2) is 115 Å². The van der Waals surface area contributed by atoms with Crippen LogP contribution in [0.15, 0.2) is 36.9 Å². The van der Waals surface area contributed by atoms with Gasteiger partial charge in [0.15, 0.2) is 11.6 Å². The molecule has 2 aliphatic carbocycles. The highest BCUT2D eigenvalue weighted by Gasteiger charge is 2.49. The number of benzene rings is 1. The van der Waals surface area contributed by atoms with Gasteiger partial charge in [0.25, 0.3) is 0 Å². The molecule has 61 heavy (non-hydrogen) atoms. The molecule has 4 amide bonds. The van der Waals surface area contributed by atoms with E-state index in [2.05, 4.69) is 17.2 Å². The molecule has 1 aromatic carbocycles. The van der Waals surface area contributed by atoms with Crippen molar-refractivity contribution in [2.75, 3.05) is 32.9 Å². The number of carbonyl (C=O) groups is 6. The molecule has 14 nitrogen and oxygen atoms in total. The molecule has 0 aromatic heterocycles. The number of carbonyl (C=O) groups excluding carboxylic acids is 6. The van der Waals surface area contributed by atoms with Crippen molar-refractivity contribution in [3.63, 3.8) is 0 Å². The van der Waals surface area contributed by atoms with E-state index in [1.165, 1.54) is 21.8 Å². The van der Waals surface area contributed by atoms with E-state index in [1.54, 1.807) is 11.0 Å². The summed E-state index contributed by atoms with van der Waals surface area (Å²) in [5.41, 5.74) is 0.928. The number of Topliss-reactive ketones (excluding diaryl/α,β-unsaturated/α-hetero) is 3. The fourth-order valence-electron chi connectivity index (χ4n) is 9.28. The van der Waals surface area contributed by atoms with Crippen LogP contribution in [0.1, 0.15) is 122 Å².